The van der Waals surface area contributed by atoms with E-state index in [-0.39, 0.29) is 28.3 Å². The molecule has 1 aliphatic carbocycles. The minimum atomic E-state index is -6.01. The van der Waals surface area contributed by atoms with Gasteiger partial charge in [-0.15, -0.1) is 0 Å². The minimum Gasteiger partial charge on any atom is -0.444 e. The van der Waals surface area contributed by atoms with Gasteiger partial charge in [-0.2, -0.15) is 21.6 Å². The molecule has 0 aromatic carbocycles. The zero-order valence-corrected chi connectivity index (χ0v) is 21.0. The number of aromatic nitrogens is 3. The Balaban J connectivity index is 1.92. The van der Waals surface area contributed by atoms with Crippen LogP contribution in [0.15, 0.2) is 22.2 Å². The fourth-order valence-corrected chi connectivity index (χ4v) is 4.52. The molecule has 2 heterocycles. The van der Waals surface area contributed by atoms with Gasteiger partial charge in [0.2, 0.25) is 0 Å². The highest BCUT2D eigenvalue weighted by Gasteiger charge is 2.49. The first-order chi connectivity index (χ1) is 16.1. The summed E-state index contributed by atoms with van der Waals surface area (Å²) in [6, 6.07) is 0.122. The number of ether oxygens (including phenoxy) is 1. The second-order valence-corrected chi connectivity index (χ2v) is 11.3. The number of pyridine rings is 1. The van der Waals surface area contributed by atoms with Crippen LogP contribution in [0.25, 0.3) is 11.0 Å². The lowest BCUT2D eigenvalue weighted by Gasteiger charge is -2.31. The van der Waals surface area contributed by atoms with Gasteiger partial charge in [-0.05, 0) is 52.7 Å². The van der Waals surface area contributed by atoms with Gasteiger partial charge in [0.15, 0.2) is 16.6 Å². The number of carbonyl (C=O) groups excluding carboxylic acids is 1. The molecule has 0 bridgehead atoms. The summed E-state index contributed by atoms with van der Waals surface area (Å²) in [5, 5.41) is 2.88. The van der Waals surface area contributed by atoms with Crippen LogP contribution in [0, 0.1) is 0 Å². The first-order valence-electron chi connectivity index (χ1n) is 10.6. The van der Waals surface area contributed by atoms with E-state index in [4.69, 9.17) is 4.74 Å². The number of halogens is 3. The number of hydrogen-bond donors (Lipinski definition) is 1. The maximum absolute atomic E-state index is 13.0. The van der Waals surface area contributed by atoms with E-state index in [0.717, 1.165) is 18.0 Å². The summed E-state index contributed by atoms with van der Waals surface area (Å²) < 4.78 is 72.5. The van der Waals surface area contributed by atoms with Gasteiger partial charge in [0.1, 0.15) is 5.60 Å². The van der Waals surface area contributed by atoms with Crippen molar-refractivity contribution in [3.63, 3.8) is 0 Å². The van der Waals surface area contributed by atoms with Crippen LogP contribution >= 0.6 is 11.8 Å². The second kappa shape index (κ2) is 9.84. The average Bonchev–Trinajstić information content (AvgIpc) is 2.72. The third kappa shape index (κ3) is 6.37. The van der Waals surface area contributed by atoms with Crippen molar-refractivity contribution in [1.82, 2.24) is 19.9 Å². The fraction of sp³-hybridized carbons (Fsp3) is 0.600. The quantitative estimate of drug-likeness (QED) is 0.262. The zero-order valence-electron chi connectivity index (χ0n) is 19.4. The number of nitrogens with one attached hydrogen (secondary N) is 1. The molecule has 15 heteroatoms. The number of hydrogen-bond acceptors (Lipinski definition) is 9. The number of fused-ring (bicyclic) bond motifs is 1. The Kier molecular flexibility index (Phi) is 7.60. The predicted molar refractivity (Wildman–Crippen MR) is 122 cm³/mol. The van der Waals surface area contributed by atoms with Gasteiger partial charge in [0.05, 0.1) is 5.39 Å². The van der Waals surface area contributed by atoms with Crippen molar-refractivity contribution in [1.29, 1.82) is 0 Å². The minimum absolute atomic E-state index is 0.0345. The summed E-state index contributed by atoms with van der Waals surface area (Å²) in [5.41, 5.74) is -7.12. The summed E-state index contributed by atoms with van der Waals surface area (Å²) >= 11 is 1.14. The highest BCUT2D eigenvalue weighted by Crippen LogP contribution is 2.34. The van der Waals surface area contributed by atoms with Crippen molar-refractivity contribution in [3.8, 4) is 5.75 Å². The van der Waals surface area contributed by atoms with Gasteiger partial charge < -0.3 is 14.2 Å². The van der Waals surface area contributed by atoms with Crippen LogP contribution in [-0.4, -0.2) is 52.5 Å². The van der Waals surface area contributed by atoms with Gasteiger partial charge >= 0.3 is 21.7 Å². The molecule has 1 saturated carbocycles. The van der Waals surface area contributed by atoms with Crippen LogP contribution in [0.1, 0.15) is 52.5 Å². The van der Waals surface area contributed by atoms with Crippen molar-refractivity contribution in [2.45, 2.75) is 74.8 Å². The lowest BCUT2D eigenvalue weighted by Crippen LogP contribution is -2.41. The zero-order chi connectivity index (χ0) is 26.2. The van der Waals surface area contributed by atoms with Crippen molar-refractivity contribution in [2.75, 3.05) is 6.26 Å². The molecule has 1 fully saturated rings. The molecule has 0 unspecified atom stereocenters. The molecular weight excluding hydrogens is 513 g/mol. The van der Waals surface area contributed by atoms with Gasteiger partial charge in [-0.25, -0.2) is 14.8 Å². The molecule has 2 aromatic heterocycles. The van der Waals surface area contributed by atoms with Crippen LogP contribution in [0.3, 0.4) is 0 Å². The van der Waals surface area contributed by atoms with Crippen LogP contribution in [0.4, 0.5) is 18.0 Å². The number of carbonyl (C=O) groups is 1. The SMILES string of the molecule is CSc1ncc2c(OS(=O)(=O)C(F)(F)F)cc(=O)n(C3CCC(NC(=O)OC(C)(C)C)CC3)c2n1. The van der Waals surface area contributed by atoms with E-state index < -0.39 is 38.6 Å². The van der Waals surface area contributed by atoms with Crippen molar-refractivity contribution in [3.05, 3.63) is 22.6 Å². The average molecular weight is 539 g/mol. The first-order valence-corrected chi connectivity index (χ1v) is 13.2. The Hall–Kier alpha value is -2.55. The molecule has 35 heavy (non-hydrogen) atoms. The van der Waals surface area contributed by atoms with Crippen molar-refractivity contribution in [2.24, 2.45) is 0 Å². The van der Waals surface area contributed by atoms with Gasteiger partial charge in [0.25, 0.3) is 5.56 Å². The maximum atomic E-state index is 13.0. The summed E-state index contributed by atoms with van der Waals surface area (Å²) in [6.45, 7) is 5.25. The number of nitrogens with zero attached hydrogens (tertiary/aromatic N) is 3. The molecular formula is C20H25F3N4O6S2. The smallest absolute Gasteiger partial charge is 0.444 e. The number of alkyl carbamates (subject to hydrolysis) is 1. The first kappa shape index (κ1) is 27.0. The van der Waals surface area contributed by atoms with E-state index in [2.05, 4.69) is 19.5 Å². The molecule has 0 radical (unpaired) electrons. The maximum Gasteiger partial charge on any atom is 0.534 e. The van der Waals surface area contributed by atoms with Crippen LogP contribution < -0.4 is 15.1 Å². The largest absolute Gasteiger partial charge is 0.534 e. The van der Waals surface area contributed by atoms with E-state index in [0.29, 0.717) is 31.7 Å². The third-order valence-electron chi connectivity index (χ3n) is 5.18. The second-order valence-electron chi connectivity index (χ2n) is 8.95. The number of thioether (sulfide) groups is 1. The standard InChI is InChI=1S/C20H25F3N4O6S2/c1-19(2,3)32-18(29)25-11-5-7-12(8-6-11)27-15(28)9-14(33-35(30,31)20(21,22)23)13-10-24-17(34-4)26-16(13)27/h9-12H,5-8H2,1-4H3,(H,25,29). The highest BCUT2D eigenvalue weighted by molar-refractivity contribution is 7.98. The van der Waals surface area contributed by atoms with Gasteiger partial charge in [0, 0.05) is 24.3 Å². The van der Waals surface area contributed by atoms with Crippen molar-refractivity contribution >= 4 is 39.0 Å². The lowest BCUT2D eigenvalue weighted by molar-refractivity contribution is -0.0499. The number of alkyl halides is 3. The summed E-state index contributed by atoms with van der Waals surface area (Å²) in [6.07, 6.45) is 4.18. The van der Waals surface area contributed by atoms with Crippen LogP contribution in [-0.2, 0) is 14.9 Å². The Bertz CT molecular complexity index is 1270. The number of amides is 1. The van der Waals surface area contributed by atoms with Crippen LogP contribution in [0.5, 0.6) is 5.75 Å². The molecule has 194 valence electrons. The van der Waals surface area contributed by atoms with E-state index in [9.17, 15) is 31.2 Å². The topological polar surface area (TPSA) is 129 Å². The van der Waals surface area contributed by atoms with E-state index in [1.807, 2.05) is 0 Å². The van der Waals surface area contributed by atoms with Gasteiger partial charge in [-0.3, -0.25) is 9.36 Å². The Morgan fingerprint density at radius 1 is 1.20 bits per heavy atom. The molecule has 0 saturated heterocycles. The fourth-order valence-electron chi connectivity index (χ4n) is 3.72. The molecule has 1 aliphatic rings. The lowest BCUT2D eigenvalue weighted by atomic mass is 9.91. The normalized spacial score (nSPS) is 19.4. The van der Waals surface area contributed by atoms with Gasteiger partial charge in [-0.1, -0.05) is 11.8 Å². The monoisotopic (exact) mass is 538 g/mol. The molecule has 10 nitrogen and oxygen atoms in total. The third-order valence-corrected chi connectivity index (χ3v) is 6.71. The van der Waals surface area contributed by atoms with Crippen LogP contribution in [0.2, 0.25) is 0 Å². The Labute approximate surface area is 203 Å². The molecule has 3 rings (SSSR count). The summed E-state index contributed by atoms with van der Waals surface area (Å²) in [7, 11) is -6.01. The number of rotatable bonds is 5. The Morgan fingerprint density at radius 3 is 2.37 bits per heavy atom. The molecule has 1 amide bonds. The predicted octanol–water partition coefficient (Wildman–Crippen LogP) is 3.75. The molecule has 0 aliphatic heterocycles. The Morgan fingerprint density at radius 2 is 1.83 bits per heavy atom. The molecule has 2 aromatic rings. The van der Waals surface area contributed by atoms with E-state index in [1.165, 1.54) is 4.57 Å². The molecule has 1 N–H and O–H groups in total. The summed E-state index contributed by atoms with van der Waals surface area (Å²) in [5.74, 6) is -0.800. The molecule has 0 spiro atoms. The molecule has 0 atom stereocenters. The van der Waals surface area contributed by atoms with Crippen molar-refractivity contribution < 1.29 is 35.3 Å². The van der Waals surface area contributed by atoms with E-state index in [1.54, 1.807) is 27.0 Å². The summed E-state index contributed by atoms with van der Waals surface area (Å²) in [4.78, 5) is 33.2. The highest BCUT2D eigenvalue weighted by atomic mass is 32.2. The van der Waals surface area contributed by atoms with E-state index >= 15 is 0 Å².